The van der Waals surface area contributed by atoms with Gasteiger partial charge in [0.1, 0.15) is 13.2 Å². The molecule has 0 unspecified atom stereocenters. The number of halogens is 3. The number of carbonyl (C=O) groups excluding carboxylic acids is 1. The molecule has 0 radical (unpaired) electrons. The van der Waals surface area contributed by atoms with Gasteiger partial charge < -0.3 is 15.2 Å². The van der Waals surface area contributed by atoms with Gasteiger partial charge in [-0.2, -0.15) is 13.2 Å². The molecule has 1 aromatic rings. The molecule has 19 heavy (non-hydrogen) atoms. The Labute approximate surface area is 106 Å². The van der Waals surface area contributed by atoms with Gasteiger partial charge in [0.15, 0.2) is 0 Å². The van der Waals surface area contributed by atoms with Crippen molar-refractivity contribution >= 4 is 17.6 Å². The summed E-state index contributed by atoms with van der Waals surface area (Å²) in [5, 5.41) is 10.4. The summed E-state index contributed by atoms with van der Waals surface area (Å²) in [7, 11) is 0. The van der Waals surface area contributed by atoms with E-state index in [0.29, 0.717) is 0 Å². The van der Waals surface area contributed by atoms with E-state index in [9.17, 15) is 22.8 Å². The largest absolute Gasteiger partial charge is 0.480 e. The molecule has 2 N–H and O–H groups in total. The number of anilines is 1. The second kappa shape index (κ2) is 6.19. The van der Waals surface area contributed by atoms with E-state index in [4.69, 9.17) is 5.11 Å². The quantitative estimate of drug-likeness (QED) is 0.859. The number of nitrogens with one attached hydrogen (secondary N) is 1. The molecule has 0 fully saturated rings. The van der Waals surface area contributed by atoms with Crippen LogP contribution >= 0.6 is 0 Å². The van der Waals surface area contributed by atoms with Gasteiger partial charge in [-0.3, -0.25) is 4.79 Å². The minimum Gasteiger partial charge on any atom is -0.480 e. The first-order chi connectivity index (χ1) is 8.79. The molecule has 1 rings (SSSR count). The summed E-state index contributed by atoms with van der Waals surface area (Å²) >= 11 is 0. The molecule has 0 aliphatic carbocycles. The predicted molar refractivity (Wildman–Crippen MR) is 58.5 cm³/mol. The minimum atomic E-state index is -4.50. The van der Waals surface area contributed by atoms with Crippen molar-refractivity contribution in [3.63, 3.8) is 0 Å². The molecule has 5 nitrogen and oxygen atoms in total. The molecule has 0 heterocycles. The molecule has 0 saturated carbocycles. The third kappa shape index (κ3) is 5.38. The topological polar surface area (TPSA) is 75.6 Å². The monoisotopic (exact) mass is 277 g/mol. The van der Waals surface area contributed by atoms with E-state index in [1.165, 1.54) is 6.07 Å². The Morgan fingerprint density at radius 1 is 1.26 bits per heavy atom. The fourth-order valence-electron chi connectivity index (χ4n) is 1.20. The van der Waals surface area contributed by atoms with E-state index in [2.05, 4.69) is 10.1 Å². The van der Waals surface area contributed by atoms with E-state index in [0.717, 1.165) is 18.2 Å². The lowest BCUT2D eigenvalue weighted by atomic mass is 10.2. The van der Waals surface area contributed by atoms with E-state index < -0.39 is 36.8 Å². The van der Waals surface area contributed by atoms with E-state index in [1.807, 2.05) is 0 Å². The number of alkyl halides is 3. The maximum atomic E-state index is 12.4. The summed E-state index contributed by atoms with van der Waals surface area (Å²) in [5.74, 6) is -1.98. The van der Waals surface area contributed by atoms with Crippen LogP contribution in [0.1, 0.15) is 5.56 Å². The Morgan fingerprint density at radius 3 is 2.53 bits per heavy atom. The van der Waals surface area contributed by atoms with Crippen LogP contribution in [0, 0.1) is 0 Å². The van der Waals surface area contributed by atoms with Crippen LogP contribution in [0.15, 0.2) is 24.3 Å². The van der Waals surface area contributed by atoms with Gasteiger partial charge in [-0.15, -0.1) is 0 Å². The molecule has 104 valence electrons. The average Bonchev–Trinajstić information content (AvgIpc) is 2.27. The lowest BCUT2D eigenvalue weighted by molar-refractivity contribution is -0.143. The number of rotatable bonds is 5. The molecule has 0 aliphatic heterocycles. The predicted octanol–water partition coefficient (Wildman–Crippen LogP) is 1.75. The number of amides is 1. The van der Waals surface area contributed by atoms with Crippen LogP contribution in [0.25, 0.3) is 0 Å². The maximum Gasteiger partial charge on any atom is 0.416 e. The molecule has 0 bridgehead atoms. The molecule has 1 amide bonds. The van der Waals surface area contributed by atoms with Gasteiger partial charge in [-0.25, -0.2) is 4.79 Å². The lowest BCUT2D eigenvalue weighted by Crippen LogP contribution is -2.21. The van der Waals surface area contributed by atoms with Gasteiger partial charge >= 0.3 is 12.1 Å². The second-order valence-electron chi connectivity index (χ2n) is 3.51. The van der Waals surface area contributed by atoms with Gasteiger partial charge in [-0.05, 0) is 18.2 Å². The van der Waals surface area contributed by atoms with Gasteiger partial charge in [0, 0.05) is 5.69 Å². The van der Waals surface area contributed by atoms with Crippen molar-refractivity contribution in [2.45, 2.75) is 6.18 Å². The number of carboxylic acid groups (broad SMARTS) is 1. The normalized spacial score (nSPS) is 11.1. The Morgan fingerprint density at radius 2 is 1.95 bits per heavy atom. The van der Waals surface area contributed by atoms with E-state index >= 15 is 0 Å². The molecule has 0 atom stereocenters. The summed E-state index contributed by atoms with van der Waals surface area (Å²) in [6.45, 7) is -1.21. The highest BCUT2D eigenvalue weighted by Gasteiger charge is 2.30. The smallest absolute Gasteiger partial charge is 0.416 e. The van der Waals surface area contributed by atoms with Gasteiger partial charge in [0.2, 0.25) is 5.91 Å². The summed E-state index contributed by atoms with van der Waals surface area (Å²) in [6, 6.07) is 4.08. The Hall–Kier alpha value is -2.09. The van der Waals surface area contributed by atoms with Crippen LogP contribution < -0.4 is 5.32 Å². The van der Waals surface area contributed by atoms with Crippen LogP contribution in [0.5, 0.6) is 0 Å². The highest BCUT2D eigenvalue weighted by atomic mass is 19.4. The standard InChI is InChI=1S/C11H10F3NO4/c12-11(13,14)7-2-1-3-8(4-7)15-9(16)5-19-6-10(17)18/h1-4H,5-6H2,(H,15,16)(H,17,18). The zero-order valence-electron chi connectivity index (χ0n) is 9.53. The second-order valence-corrected chi connectivity index (χ2v) is 3.51. The first kappa shape index (κ1) is 15.0. The fraction of sp³-hybridized carbons (Fsp3) is 0.273. The van der Waals surface area contributed by atoms with Crippen LogP contribution in [-0.2, 0) is 20.5 Å². The molecule has 0 aromatic heterocycles. The minimum absolute atomic E-state index is 0.0428. The third-order valence-corrected chi connectivity index (χ3v) is 1.93. The zero-order valence-corrected chi connectivity index (χ0v) is 9.53. The van der Waals surface area contributed by atoms with Crippen molar-refractivity contribution in [3.8, 4) is 0 Å². The SMILES string of the molecule is O=C(O)COCC(=O)Nc1cccc(C(F)(F)F)c1. The van der Waals surface area contributed by atoms with Crippen molar-refractivity contribution < 1.29 is 32.6 Å². The number of carboxylic acids is 1. The average molecular weight is 277 g/mol. The van der Waals surface area contributed by atoms with Crippen molar-refractivity contribution in [1.82, 2.24) is 0 Å². The van der Waals surface area contributed by atoms with E-state index in [-0.39, 0.29) is 5.69 Å². The van der Waals surface area contributed by atoms with E-state index in [1.54, 1.807) is 0 Å². The molecule has 0 spiro atoms. The number of hydrogen-bond acceptors (Lipinski definition) is 3. The number of ether oxygens (including phenoxy) is 1. The summed E-state index contributed by atoms with van der Waals surface area (Å²) in [4.78, 5) is 21.4. The number of carbonyl (C=O) groups is 2. The molecular weight excluding hydrogens is 267 g/mol. The molecule has 0 aliphatic rings. The Balaban J connectivity index is 2.57. The van der Waals surface area contributed by atoms with Crippen LogP contribution in [0.3, 0.4) is 0 Å². The highest BCUT2D eigenvalue weighted by molar-refractivity contribution is 5.91. The van der Waals surface area contributed by atoms with Gasteiger partial charge in [0.05, 0.1) is 5.56 Å². The van der Waals surface area contributed by atoms with Gasteiger partial charge in [-0.1, -0.05) is 6.07 Å². The third-order valence-electron chi connectivity index (χ3n) is 1.93. The first-order valence-electron chi connectivity index (χ1n) is 5.05. The summed E-state index contributed by atoms with van der Waals surface area (Å²) in [5.41, 5.74) is -0.935. The van der Waals surface area contributed by atoms with Crippen molar-refractivity contribution in [2.24, 2.45) is 0 Å². The Bertz CT molecular complexity index is 473. The highest BCUT2D eigenvalue weighted by Crippen LogP contribution is 2.30. The summed E-state index contributed by atoms with van der Waals surface area (Å²) < 4.78 is 41.7. The van der Waals surface area contributed by atoms with Crippen molar-refractivity contribution in [3.05, 3.63) is 29.8 Å². The van der Waals surface area contributed by atoms with Crippen molar-refractivity contribution in [1.29, 1.82) is 0 Å². The van der Waals surface area contributed by atoms with Crippen LogP contribution in [-0.4, -0.2) is 30.2 Å². The Kier molecular flexibility index (Phi) is 4.87. The maximum absolute atomic E-state index is 12.4. The fourth-order valence-corrected chi connectivity index (χ4v) is 1.20. The number of aliphatic carboxylic acids is 1. The van der Waals surface area contributed by atoms with Gasteiger partial charge in [0.25, 0.3) is 0 Å². The molecule has 1 aromatic carbocycles. The van der Waals surface area contributed by atoms with Crippen LogP contribution in [0.4, 0.5) is 18.9 Å². The first-order valence-corrected chi connectivity index (χ1v) is 5.05. The molecular formula is C11H10F3NO4. The molecule has 8 heteroatoms. The zero-order chi connectivity index (χ0) is 14.5. The number of benzene rings is 1. The number of hydrogen-bond donors (Lipinski definition) is 2. The lowest BCUT2D eigenvalue weighted by Gasteiger charge is -2.09. The van der Waals surface area contributed by atoms with Crippen LogP contribution in [0.2, 0.25) is 0 Å². The van der Waals surface area contributed by atoms with Crippen molar-refractivity contribution in [2.75, 3.05) is 18.5 Å². The molecule has 0 saturated heterocycles. The summed E-state index contributed by atoms with van der Waals surface area (Å²) in [6.07, 6.45) is -4.50.